The Bertz CT molecular complexity index is 772. The van der Waals surface area contributed by atoms with Crippen LogP contribution < -0.4 is 0 Å². The van der Waals surface area contributed by atoms with Crippen molar-refractivity contribution in [1.29, 1.82) is 0 Å². The summed E-state index contributed by atoms with van der Waals surface area (Å²) in [4.78, 5) is 28.5. The summed E-state index contributed by atoms with van der Waals surface area (Å²) in [5, 5.41) is 0.927. The zero-order chi connectivity index (χ0) is 17.8. The molecule has 0 unspecified atom stereocenters. The van der Waals surface area contributed by atoms with Gasteiger partial charge in [-0.1, -0.05) is 47.5 Å². The Morgan fingerprint density at radius 2 is 1.48 bits per heavy atom. The number of carbonyl (C=O) groups excluding carboxylic acids is 2. The van der Waals surface area contributed by atoms with Crippen LogP contribution in [0.3, 0.4) is 0 Å². The smallest absolute Gasteiger partial charge is 0.253 e. The van der Waals surface area contributed by atoms with Crippen molar-refractivity contribution < 1.29 is 9.59 Å². The van der Waals surface area contributed by atoms with Gasteiger partial charge in [0.05, 0.1) is 16.5 Å². The van der Waals surface area contributed by atoms with Gasteiger partial charge in [0.25, 0.3) is 5.91 Å². The molecule has 25 heavy (non-hydrogen) atoms. The Labute approximate surface area is 156 Å². The molecular formula is C19H18Cl2N2O2. The van der Waals surface area contributed by atoms with Crippen LogP contribution in [0, 0.1) is 0 Å². The molecule has 3 rings (SSSR count). The molecule has 1 fully saturated rings. The van der Waals surface area contributed by atoms with Crippen LogP contribution in [0.25, 0.3) is 0 Å². The maximum Gasteiger partial charge on any atom is 0.253 e. The van der Waals surface area contributed by atoms with Gasteiger partial charge in [-0.2, -0.15) is 0 Å². The lowest BCUT2D eigenvalue weighted by Crippen LogP contribution is -2.51. The van der Waals surface area contributed by atoms with Crippen LogP contribution in [0.2, 0.25) is 10.0 Å². The molecule has 1 saturated heterocycles. The van der Waals surface area contributed by atoms with E-state index in [4.69, 9.17) is 23.2 Å². The maximum absolute atomic E-state index is 12.5. The molecule has 130 valence electrons. The molecule has 0 atom stereocenters. The summed E-state index contributed by atoms with van der Waals surface area (Å²) in [6, 6.07) is 14.4. The van der Waals surface area contributed by atoms with Gasteiger partial charge in [0, 0.05) is 31.7 Å². The van der Waals surface area contributed by atoms with Gasteiger partial charge in [-0.15, -0.1) is 0 Å². The fourth-order valence-electron chi connectivity index (χ4n) is 2.86. The molecule has 0 radical (unpaired) electrons. The summed E-state index contributed by atoms with van der Waals surface area (Å²) < 4.78 is 0. The zero-order valence-corrected chi connectivity index (χ0v) is 15.1. The lowest BCUT2D eigenvalue weighted by Gasteiger charge is -2.35. The molecule has 4 nitrogen and oxygen atoms in total. The molecule has 2 amide bonds. The fraction of sp³-hybridized carbons (Fsp3) is 0.263. The monoisotopic (exact) mass is 376 g/mol. The summed E-state index contributed by atoms with van der Waals surface area (Å²) in [5.74, 6) is 0.0439. The number of hydrogen-bond donors (Lipinski definition) is 0. The van der Waals surface area contributed by atoms with Crippen molar-refractivity contribution in [3.05, 3.63) is 69.7 Å². The van der Waals surface area contributed by atoms with Crippen LogP contribution in [0.4, 0.5) is 0 Å². The van der Waals surface area contributed by atoms with E-state index in [2.05, 4.69) is 0 Å². The fourth-order valence-corrected chi connectivity index (χ4v) is 3.18. The number of piperazine rings is 1. The molecule has 6 heteroatoms. The number of amides is 2. The molecule has 0 saturated carbocycles. The minimum absolute atomic E-state index is 0.0113. The number of benzene rings is 2. The van der Waals surface area contributed by atoms with E-state index in [1.807, 2.05) is 30.3 Å². The van der Waals surface area contributed by atoms with Crippen LogP contribution in [-0.4, -0.2) is 47.8 Å². The first-order valence-electron chi connectivity index (χ1n) is 8.10. The number of nitrogens with zero attached hydrogens (tertiary/aromatic N) is 2. The van der Waals surface area contributed by atoms with Gasteiger partial charge in [0.1, 0.15) is 0 Å². The summed E-state index contributed by atoms with van der Waals surface area (Å²) >= 11 is 11.9. The van der Waals surface area contributed by atoms with Gasteiger partial charge in [-0.25, -0.2) is 0 Å². The Morgan fingerprint density at radius 3 is 2.12 bits per heavy atom. The topological polar surface area (TPSA) is 40.6 Å². The van der Waals surface area contributed by atoms with Crippen molar-refractivity contribution in [2.45, 2.75) is 6.42 Å². The van der Waals surface area contributed by atoms with Gasteiger partial charge in [0.2, 0.25) is 5.91 Å². The number of carbonyl (C=O) groups is 2. The quantitative estimate of drug-likeness (QED) is 0.821. The van der Waals surface area contributed by atoms with E-state index >= 15 is 0 Å². The van der Waals surface area contributed by atoms with Crippen molar-refractivity contribution in [1.82, 2.24) is 9.80 Å². The Balaban J connectivity index is 1.55. The standard InChI is InChI=1S/C19H18Cl2N2O2/c20-16-7-6-14(12-17(16)21)13-18(24)22-8-10-23(11-9-22)19(25)15-4-2-1-3-5-15/h1-7,12H,8-11,13H2. The first-order chi connectivity index (χ1) is 12.0. The lowest BCUT2D eigenvalue weighted by atomic mass is 10.1. The van der Waals surface area contributed by atoms with E-state index in [0.29, 0.717) is 41.8 Å². The predicted molar refractivity (Wildman–Crippen MR) is 99.1 cm³/mol. The van der Waals surface area contributed by atoms with Gasteiger partial charge in [0.15, 0.2) is 0 Å². The molecule has 0 N–H and O–H groups in total. The van der Waals surface area contributed by atoms with Gasteiger partial charge in [-0.05, 0) is 29.8 Å². The molecular weight excluding hydrogens is 359 g/mol. The van der Waals surface area contributed by atoms with Gasteiger partial charge >= 0.3 is 0 Å². The van der Waals surface area contributed by atoms with Crippen LogP contribution in [0.1, 0.15) is 15.9 Å². The molecule has 1 heterocycles. The molecule has 0 aromatic heterocycles. The minimum atomic E-state index is 0.0113. The molecule has 2 aromatic carbocycles. The number of hydrogen-bond acceptors (Lipinski definition) is 2. The van der Waals surface area contributed by atoms with E-state index in [0.717, 1.165) is 5.56 Å². The highest BCUT2D eigenvalue weighted by molar-refractivity contribution is 6.42. The number of rotatable bonds is 3. The molecule has 0 bridgehead atoms. The first-order valence-corrected chi connectivity index (χ1v) is 8.86. The van der Waals surface area contributed by atoms with Crippen molar-refractivity contribution in [3.8, 4) is 0 Å². The van der Waals surface area contributed by atoms with E-state index in [1.165, 1.54) is 0 Å². The van der Waals surface area contributed by atoms with Crippen molar-refractivity contribution in [2.75, 3.05) is 26.2 Å². The average Bonchev–Trinajstić information content (AvgIpc) is 2.65. The van der Waals surface area contributed by atoms with Gasteiger partial charge in [-0.3, -0.25) is 9.59 Å². The van der Waals surface area contributed by atoms with Crippen LogP contribution in [0.5, 0.6) is 0 Å². The highest BCUT2D eigenvalue weighted by atomic mass is 35.5. The highest BCUT2D eigenvalue weighted by Crippen LogP contribution is 2.23. The second kappa shape index (κ2) is 7.89. The van der Waals surface area contributed by atoms with Crippen molar-refractivity contribution in [3.63, 3.8) is 0 Å². The molecule has 0 aliphatic carbocycles. The Morgan fingerprint density at radius 1 is 0.840 bits per heavy atom. The third-order valence-electron chi connectivity index (χ3n) is 4.28. The van der Waals surface area contributed by atoms with Crippen molar-refractivity contribution >= 4 is 35.0 Å². The minimum Gasteiger partial charge on any atom is -0.339 e. The molecule has 0 spiro atoms. The lowest BCUT2D eigenvalue weighted by molar-refractivity contribution is -0.131. The van der Waals surface area contributed by atoms with E-state index < -0.39 is 0 Å². The number of halogens is 2. The SMILES string of the molecule is O=C(Cc1ccc(Cl)c(Cl)c1)N1CCN(C(=O)c2ccccc2)CC1. The molecule has 2 aromatic rings. The van der Waals surface area contributed by atoms with E-state index in [1.54, 1.807) is 28.0 Å². The highest BCUT2D eigenvalue weighted by Gasteiger charge is 2.24. The third kappa shape index (κ3) is 4.33. The maximum atomic E-state index is 12.5. The van der Waals surface area contributed by atoms with E-state index in [-0.39, 0.29) is 18.2 Å². The third-order valence-corrected chi connectivity index (χ3v) is 5.02. The summed E-state index contributed by atoms with van der Waals surface area (Å²) in [7, 11) is 0. The van der Waals surface area contributed by atoms with Gasteiger partial charge < -0.3 is 9.80 Å². The second-order valence-electron chi connectivity index (χ2n) is 5.96. The first kappa shape index (κ1) is 17.8. The molecule has 1 aliphatic heterocycles. The van der Waals surface area contributed by atoms with Crippen molar-refractivity contribution in [2.24, 2.45) is 0 Å². The predicted octanol–water partition coefficient (Wildman–Crippen LogP) is 3.52. The largest absolute Gasteiger partial charge is 0.339 e. The summed E-state index contributed by atoms with van der Waals surface area (Å²) in [5.41, 5.74) is 1.51. The van der Waals surface area contributed by atoms with Crippen LogP contribution >= 0.6 is 23.2 Å². The zero-order valence-electron chi connectivity index (χ0n) is 13.6. The normalized spacial score (nSPS) is 14.5. The summed E-state index contributed by atoms with van der Waals surface area (Å²) in [6.45, 7) is 2.17. The van der Waals surface area contributed by atoms with Crippen LogP contribution in [0.15, 0.2) is 48.5 Å². The summed E-state index contributed by atoms with van der Waals surface area (Å²) in [6.07, 6.45) is 0.281. The Kier molecular flexibility index (Phi) is 5.61. The molecule has 1 aliphatic rings. The Hall–Kier alpha value is -2.04. The van der Waals surface area contributed by atoms with Crippen LogP contribution in [-0.2, 0) is 11.2 Å². The second-order valence-corrected chi connectivity index (χ2v) is 6.78. The van der Waals surface area contributed by atoms with E-state index in [9.17, 15) is 9.59 Å². The average molecular weight is 377 g/mol.